The molecular formula is C15H11ClN2O2. The molecule has 5 heteroatoms. The normalized spacial score (nSPS) is 9.60. The lowest BCUT2D eigenvalue weighted by Gasteiger charge is -2.10. The molecule has 0 aliphatic carbocycles. The quantitative estimate of drug-likeness (QED) is 0.936. The van der Waals surface area contributed by atoms with Gasteiger partial charge in [0.15, 0.2) is 6.61 Å². The van der Waals surface area contributed by atoms with Crippen molar-refractivity contribution in [3.8, 4) is 11.8 Å². The van der Waals surface area contributed by atoms with Gasteiger partial charge < -0.3 is 10.1 Å². The zero-order valence-electron chi connectivity index (χ0n) is 10.5. The molecule has 2 rings (SSSR count). The van der Waals surface area contributed by atoms with Gasteiger partial charge in [0, 0.05) is 10.6 Å². The van der Waals surface area contributed by atoms with E-state index in [0.717, 1.165) is 0 Å². The minimum atomic E-state index is -0.291. The number of carbonyl (C=O) groups excluding carboxylic acids is 1. The van der Waals surface area contributed by atoms with E-state index in [9.17, 15) is 4.79 Å². The molecule has 1 N–H and O–H groups in total. The second-order valence-electron chi connectivity index (χ2n) is 3.91. The number of nitriles is 1. The summed E-state index contributed by atoms with van der Waals surface area (Å²) < 4.78 is 5.24. The van der Waals surface area contributed by atoms with Crippen LogP contribution in [0.5, 0.6) is 5.75 Å². The maximum atomic E-state index is 12.1. The summed E-state index contributed by atoms with van der Waals surface area (Å²) in [6, 6.07) is 15.5. The molecule has 0 saturated heterocycles. The maximum absolute atomic E-state index is 12.1. The fourth-order valence-corrected chi connectivity index (χ4v) is 1.82. The second-order valence-corrected chi connectivity index (χ2v) is 4.34. The lowest BCUT2D eigenvalue weighted by molar-refractivity contribution is 0.102. The molecule has 2 aromatic rings. The lowest BCUT2D eigenvalue weighted by atomic mass is 10.2. The summed E-state index contributed by atoms with van der Waals surface area (Å²) in [4.78, 5) is 12.1. The van der Waals surface area contributed by atoms with Crippen LogP contribution in [0.3, 0.4) is 0 Å². The van der Waals surface area contributed by atoms with Crippen molar-refractivity contribution in [1.29, 1.82) is 5.26 Å². The van der Waals surface area contributed by atoms with Crippen LogP contribution in [0.1, 0.15) is 10.4 Å². The molecule has 1 amide bonds. The molecule has 100 valence electrons. The van der Waals surface area contributed by atoms with Crippen molar-refractivity contribution in [3.63, 3.8) is 0 Å². The first-order chi connectivity index (χ1) is 9.70. The number of carbonyl (C=O) groups is 1. The third kappa shape index (κ3) is 3.50. The number of rotatable bonds is 4. The molecule has 2 aromatic carbocycles. The summed E-state index contributed by atoms with van der Waals surface area (Å²) in [6.45, 7) is -0.0793. The Morgan fingerprint density at radius 3 is 2.80 bits per heavy atom. The molecule has 4 nitrogen and oxygen atoms in total. The zero-order valence-corrected chi connectivity index (χ0v) is 11.2. The molecule has 0 aromatic heterocycles. The largest absolute Gasteiger partial charge is 0.477 e. The summed E-state index contributed by atoms with van der Waals surface area (Å²) in [6.07, 6.45) is 0. The van der Waals surface area contributed by atoms with Gasteiger partial charge in [-0.2, -0.15) is 5.26 Å². The average molecular weight is 287 g/mol. The number of para-hydroxylation sites is 2. The molecule has 0 spiro atoms. The van der Waals surface area contributed by atoms with Crippen molar-refractivity contribution >= 4 is 23.2 Å². The van der Waals surface area contributed by atoms with Gasteiger partial charge in [0.25, 0.3) is 5.91 Å². The first-order valence-corrected chi connectivity index (χ1v) is 6.24. The Morgan fingerprint density at radius 1 is 1.25 bits per heavy atom. The summed E-state index contributed by atoms with van der Waals surface area (Å²) in [5.74, 6) is 0.157. The van der Waals surface area contributed by atoms with E-state index >= 15 is 0 Å². The fourth-order valence-electron chi connectivity index (χ4n) is 1.63. The van der Waals surface area contributed by atoms with Gasteiger partial charge in [-0.3, -0.25) is 4.79 Å². The van der Waals surface area contributed by atoms with E-state index in [1.807, 2.05) is 6.07 Å². The van der Waals surface area contributed by atoms with Crippen LogP contribution in [-0.2, 0) is 0 Å². The smallest absolute Gasteiger partial charge is 0.255 e. The van der Waals surface area contributed by atoms with E-state index in [-0.39, 0.29) is 12.5 Å². The highest BCUT2D eigenvalue weighted by atomic mass is 35.5. The molecule has 0 heterocycles. The lowest BCUT2D eigenvalue weighted by Crippen LogP contribution is -2.12. The third-order valence-corrected chi connectivity index (χ3v) is 2.75. The van der Waals surface area contributed by atoms with E-state index in [1.165, 1.54) is 0 Å². The number of hydrogen-bond donors (Lipinski definition) is 1. The average Bonchev–Trinajstić information content (AvgIpc) is 2.46. The van der Waals surface area contributed by atoms with E-state index < -0.39 is 0 Å². The molecule has 0 fully saturated rings. The van der Waals surface area contributed by atoms with Crippen molar-refractivity contribution in [2.24, 2.45) is 0 Å². The highest BCUT2D eigenvalue weighted by molar-refractivity contribution is 6.31. The van der Waals surface area contributed by atoms with Crippen molar-refractivity contribution < 1.29 is 9.53 Å². The molecule has 0 radical (unpaired) electrons. The summed E-state index contributed by atoms with van der Waals surface area (Å²) in [7, 11) is 0. The van der Waals surface area contributed by atoms with Gasteiger partial charge in [-0.25, -0.2) is 0 Å². The summed E-state index contributed by atoms with van der Waals surface area (Å²) in [5, 5.41) is 11.8. The molecule has 0 aliphatic heterocycles. The minimum absolute atomic E-state index is 0.0793. The molecule has 0 aliphatic rings. The number of amides is 1. The van der Waals surface area contributed by atoms with Crippen LogP contribution in [0.4, 0.5) is 5.69 Å². The van der Waals surface area contributed by atoms with Gasteiger partial charge in [0.1, 0.15) is 11.8 Å². The number of nitrogens with one attached hydrogen (secondary N) is 1. The second kappa shape index (κ2) is 6.60. The molecule has 0 saturated carbocycles. The van der Waals surface area contributed by atoms with Gasteiger partial charge >= 0.3 is 0 Å². The Morgan fingerprint density at radius 2 is 2.05 bits per heavy atom. The molecule has 20 heavy (non-hydrogen) atoms. The molecular weight excluding hydrogens is 276 g/mol. The Balaban J connectivity index is 2.18. The third-order valence-electron chi connectivity index (χ3n) is 2.51. The van der Waals surface area contributed by atoms with Crippen LogP contribution in [0, 0.1) is 11.3 Å². The monoisotopic (exact) mass is 286 g/mol. The number of nitrogens with zero attached hydrogens (tertiary/aromatic N) is 1. The Kier molecular flexibility index (Phi) is 4.59. The predicted molar refractivity (Wildman–Crippen MR) is 77.0 cm³/mol. The standard InChI is InChI=1S/C15H11ClN2O2/c16-12-5-3-4-11(10-12)15(19)18-13-6-1-2-7-14(13)20-9-8-17/h1-7,10H,9H2,(H,18,19). The van der Waals surface area contributed by atoms with Crippen LogP contribution in [-0.4, -0.2) is 12.5 Å². The Bertz CT molecular complexity index is 665. The van der Waals surface area contributed by atoms with Crippen LogP contribution in [0.15, 0.2) is 48.5 Å². The topological polar surface area (TPSA) is 62.1 Å². The fraction of sp³-hybridized carbons (Fsp3) is 0.0667. The Labute approximate surface area is 121 Å². The number of halogens is 1. The SMILES string of the molecule is N#CCOc1ccccc1NC(=O)c1cccc(Cl)c1. The maximum Gasteiger partial charge on any atom is 0.255 e. The predicted octanol–water partition coefficient (Wildman–Crippen LogP) is 3.49. The van der Waals surface area contributed by atoms with E-state index in [0.29, 0.717) is 22.0 Å². The molecule has 0 unspecified atom stereocenters. The first kappa shape index (κ1) is 13.9. The van der Waals surface area contributed by atoms with Gasteiger partial charge in [-0.1, -0.05) is 29.8 Å². The Hall–Kier alpha value is -2.51. The van der Waals surface area contributed by atoms with Crippen molar-refractivity contribution in [3.05, 3.63) is 59.1 Å². The van der Waals surface area contributed by atoms with Crippen LogP contribution in [0.2, 0.25) is 5.02 Å². The van der Waals surface area contributed by atoms with Crippen LogP contribution < -0.4 is 10.1 Å². The zero-order chi connectivity index (χ0) is 14.4. The van der Waals surface area contributed by atoms with E-state index in [2.05, 4.69) is 5.32 Å². The highest BCUT2D eigenvalue weighted by Crippen LogP contribution is 2.24. The number of hydrogen-bond acceptors (Lipinski definition) is 3. The van der Waals surface area contributed by atoms with Gasteiger partial charge in [-0.15, -0.1) is 0 Å². The molecule has 0 atom stereocenters. The number of ether oxygens (including phenoxy) is 1. The van der Waals surface area contributed by atoms with Gasteiger partial charge in [-0.05, 0) is 30.3 Å². The van der Waals surface area contributed by atoms with Crippen molar-refractivity contribution in [2.75, 3.05) is 11.9 Å². The van der Waals surface area contributed by atoms with Crippen molar-refractivity contribution in [1.82, 2.24) is 0 Å². The summed E-state index contributed by atoms with van der Waals surface area (Å²) in [5.41, 5.74) is 0.959. The minimum Gasteiger partial charge on any atom is -0.477 e. The van der Waals surface area contributed by atoms with Crippen molar-refractivity contribution in [2.45, 2.75) is 0 Å². The van der Waals surface area contributed by atoms with Crippen LogP contribution >= 0.6 is 11.6 Å². The van der Waals surface area contributed by atoms with Gasteiger partial charge in [0.05, 0.1) is 5.69 Å². The van der Waals surface area contributed by atoms with E-state index in [1.54, 1.807) is 48.5 Å². The number of benzene rings is 2. The number of anilines is 1. The first-order valence-electron chi connectivity index (χ1n) is 5.86. The van der Waals surface area contributed by atoms with Gasteiger partial charge in [0.2, 0.25) is 0 Å². The summed E-state index contributed by atoms with van der Waals surface area (Å²) >= 11 is 5.85. The highest BCUT2D eigenvalue weighted by Gasteiger charge is 2.09. The molecule has 0 bridgehead atoms. The van der Waals surface area contributed by atoms with Crippen LogP contribution in [0.25, 0.3) is 0 Å². The van der Waals surface area contributed by atoms with E-state index in [4.69, 9.17) is 21.6 Å².